The van der Waals surface area contributed by atoms with Gasteiger partial charge >= 0.3 is 5.97 Å². The molecule has 2 aromatic carbocycles. The molecule has 0 aliphatic carbocycles. The maximum Gasteiger partial charge on any atom is 0.304 e. The number of morpholine rings is 1. The highest BCUT2D eigenvalue weighted by Crippen LogP contribution is 2.29. The molecule has 1 N–H and O–H groups in total. The number of halogens is 2. The lowest BCUT2D eigenvalue weighted by molar-refractivity contribution is -0.137. The molecule has 0 spiro atoms. The first-order chi connectivity index (χ1) is 12.9. The molecule has 0 aromatic heterocycles. The SMILES string of the molecule is Cl.O=C(O)CCN1CCOC(c2ccc(S(=O)(=O)c3ccccc3Cl)cc2)C1. The maximum atomic E-state index is 12.8. The summed E-state index contributed by atoms with van der Waals surface area (Å²) in [6.45, 7) is 2.23. The first-order valence-corrected chi connectivity index (χ1v) is 10.4. The molecule has 1 heterocycles. The summed E-state index contributed by atoms with van der Waals surface area (Å²) in [4.78, 5) is 13.0. The van der Waals surface area contributed by atoms with Crippen LogP contribution in [0.5, 0.6) is 0 Å². The van der Waals surface area contributed by atoms with Crippen molar-refractivity contribution in [3.05, 3.63) is 59.1 Å². The lowest BCUT2D eigenvalue weighted by Crippen LogP contribution is -2.39. The fourth-order valence-corrected chi connectivity index (χ4v) is 4.78. The van der Waals surface area contributed by atoms with Crippen LogP contribution in [-0.2, 0) is 19.4 Å². The van der Waals surface area contributed by atoms with Crippen LogP contribution >= 0.6 is 24.0 Å². The van der Waals surface area contributed by atoms with Crippen molar-refractivity contribution in [2.75, 3.05) is 26.2 Å². The zero-order valence-corrected chi connectivity index (χ0v) is 17.3. The van der Waals surface area contributed by atoms with E-state index < -0.39 is 15.8 Å². The van der Waals surface area contributed by atoms with Gasteiger partial charge in [0.2, 0.25) is 9.84 Å². The van der Waals surface area contributed by atoms with Crippen molar-refractivity contribution in [3.8, 4) is 0 Å². The van der Waals surface area contributed by atoms with Crippen molar-refractivity contribution in [2.24, 2.45) is 0 Å². The normalized spacial score (nSPS) is 17.7. The number of benzene rings is 2. The van der Waals surface area contributed by atoms with Crippen LogP contribution < -0.4 is 0 Å². The molecule has 1 atom stereocenters. The second-order valence-corrected chi connectivity index (χ2v) is 8.63. The van der Waals surface area contributed by atoms with Crippen LogP contribution in [0.2, 0.25) is 5.02 Å². The van der Waals surface area contributed by atoms with Gasteiger partial charge in [-0.3, -0.25) is 9.69 Å². The molecule has 152 valence electrons. The van der Waals surface area contributed by atoms with Gasteiger partial charge in [-0.05, 0) is 29.8 Å². The zero-order chi connectivity index (χ0) is 19.4. The minimum absolute atomic E-state index is 0. The highest BCUT2D eigenvalue weighted by molar-refractivity contribution is 7.91. The number of aliphatic carboxylic acids is 1. The second kappa shape index (κ2) is 9.71. The fourth-order valence-electron chi connectivity index (χ4n) is 3.01. The van der Waals surface area contributed by atoms with E-state index in [0.717, 1.165) is 5.56 Å². The van der Waals surface area contributed by atoms with Crippen LogP contribution in [0.4, 0.5) is 0 Å². The Morgan fingerprint density at radius 3 is 2.50 bits per heavy atom. The highest BCUT2D eigenvalue weighted by atomic mass is 35.5. The average Bonchev–Trinajstić information content (AvgIpc) is 2.67. The van der Waals surface area contributed by atoms with Gasteiger partial charge < -0.3 is 9.84 Å². The van der Waals surface area contributed by atoms with Gasteiger partial charge in [0, 0.05) is 19.6 Å². The van der Waals surface area contributed by atoms with Crippen LogP contribution in [0.25, 0.3) is 0 Å². The Morgan fingerprint density at radius 1 is 1.18 bits per heavy atom. The van der Waals surface area contributed by atoms with E-state index in [1.54, 1.807) is 42.5 Å². The summed E-state index contributed by atoms with van der Waals surface area (Å²) in [5, 5.41) is 9.01. The Hall–Kier alpha value is -1.64. The predicted molar refractivity (Wildman–Crippen MR) is 108 cm³/mol. The van der Waals surface area contributed by atoms with Gasteiger partial charge in [-0.1, -0.05) is 35.9 Å². The molecule has 3 rings (SSSR count). The molecule has 1 saturated heterocycles. The number of carboxylic acids is 1. The summed E-state index contributed by atoms with van der Waals surface area (Å²) >= 11 is 6.03. The number of hydrogen-bond donors (Lipinski definition) is 1. The third-order valence-corrected chi connectivity index (χ3v) is 6.75. The molecule has 1 fully saturated rings. The van der Waals surface area contributed by atoms with Crippen molar-refractivity contribution in [2.45, 2.75) is 22.3 Å². The molecular formula is C19H21Cl2NO5S. The molecule has 28 heavy (non-hydrogen) atoms. The molecule has 1 unspecified atom stereocenters. The number of sulfone groups is 1. The molecule has 0 saturated carbocycles. The second-order valence-electron chi connectivity index (χ2n) is 6.31. The Kier molecular flexibility index (Phi) is 7.86. The lowest BCUT2D eigenvalue weighted by Gasteiger charge is -2.32. The summed E-state index contributed by atoms with van der Waals surface area (Å²) in [7, 11) is -3.69. The monoisotopic (exact) mass is 445 g/mol. The van der Waals surface area contributed by atoms with Crippen molar-refractivity contribution >= 4 is 39.8 Å². The third-order valence-electron chi connectivity index (χ3n) is 4.48. The zero-order valence-electron chi connectivity index (χ0n) is 15.0. The largest absolute Gasteiger partial charge is 0.481 e. The van der Waals surface area contributed by atoms with E-state index in [0.29, 0.717) is 26.2 Å². The first-order valence-electron chi connectivity index (χ1n) is 8.53. The van der Waals surface area contributed by atoms with Gasteiger partial charge in [-0.25, -0.2) is 8.42 Å². The van der Waals surface area contributed by atoms with Crippen LogP contribution in [0.15, 0.2) is 58.3 Å². The Balaban J connectivity index is 0.00000280. The van der Waals surface area contributed by atoms with E-state index in [9.17, 15) is 13.2 Å². The number of rotatable bonds is 6. The third kappa shape index (κ3) is 5.24. The van der Waals surface area contributed by atoms with E-state index >= 15 is 0 Å². The number of hydrogen-bond acceptors (Lipinski definition) is 5. The van der Waals surface area contributed by atoms with Gasteiger partial charge in [-0.2, -0.15) is 0 Å². The summed E-state index contributed by atoms with van der Waals surface area (Å²) in [5.74, 6) is -0.827. The van der Waals surface area contributed by atoms with Gasteiger partial charge in [0.05, 0.1) is 33.9 Å². The van der Waals surface area contributed by atoms with Gasteiger partial charge in [0.1, 0.15) is 0 Å². The summed E-state index contributed by atoms with van der Waals surface area (Å²) in [5.41, 5.74) is 0.855. The molecule has 0 radical (unpaired) electrons. The number of carbonyl (C=O) groups is 1. The number of nitrogens with zero attached hydrogens (tertiary/aromatic N) is 1. The van der Waals surface area contributed by atoms with E-state index in [1.807, 2.05) is 4.90 Å². The lowest BCUT2D eigenvalue weighted by atomic mass is 10.1. The van der Waals surface area contributed by atoms with Gasteiger partial charge in [-0.15, -0.1) is 12.4 Å². The summed E-state index contributed by atoms with van der Waals surface area (Å²) in [6.07, 6.45) is -0.133. The molecular weight excluding hydrogens is 425 g/mol. The Morgan fingerprint density at radius 2 is 1.86 bits per heavy atom. The van der Waals surface area contributed by atoms with E-state index in [-0.39, 0.29) is 39.7 Å². The minimum atomic E-state index is -3.69. The molecule has 1 aliphatic heterocycles. The fraction of sp³-hybridized carbons (Fsp3) is 0.316. The quantitative estimate of drug-likeness (QED) is 0.732. The van der Waals surface area contributed by atoms with Crippen molar-refractivity contribution in [1.82, 2.24) is 4.90 Å². The predicted octanol–water partition coefficient (Wildman–Crippen LogP) is 3.44. The number of ether oxygens (including phenoxy) is 1. The molecule has 6 nitrogen and oxygen atoms in total. The highest BCUT2D eigenvalue weighted by Gasteiger charge is 2.24. The van der Waals surface area contributed by atoms with Crippen LogP contribution in [0.1, 0.15) is 18.1 Å². The summed E-state index contributed by atoms with van der Waals surface area (Å²) in [6, 6.07) is 12.9. The minimum Gasteiger partial charge on any atom is -0.481 e. The topological polar surface area (TPSA) is 83.9 Å². The van der Waals surface area contributed by atoms with Gasteiger partial charge in [0.15, 0.2) is 0 Å². The molecule has 1 aliphatic rings. The smallest absolute Gasteiger partial charge is 0.304 e. The summed E-state index contributed by atoms with van der Waals surface area (Å²) < 4.78 is 31.3. The molecule has 9 heteroatoms. The molecule has 0 amide bonds. The first kappa shape index (κ1) is 22.6. The maximum absolute atomic E-state index is 12.8. The van der Waals surface area contributed by atoms with Crippen molar-refractivity contribution in [3.63, 3.8) is 0 Å². The Bertz CT molecular complexity index is 918. The molecule has 0 bridgehead atoms. The number of carboxylic acid groups (broad SMARTS) is 1. The standard InChI is InChI=1S/C19H20ClNO5S.ClH/c20-16-3-1-2-4-18(16)27(24,25)15-7-5-14(6-8-15)17-13-21(11-12-26-17)10-9-19(22)23;/h1-8,17H,9-13H2,(H,22,23);1H. The van der Waals surface area contributed by atoms with E-state index in [4.69, 9.17) is 21.4 Å². The average molecular weight is 446 g/mol. The molecule has 2 aromatic rings. The van der Waals surface area contributed by atoms with Crippen LogP contribution in [0, 0.1) is 0 Å². The van der Waals surface area contributed by atoms with Crippen molar-refractivity contribution in [1.29, 1.82) is 0 Å². The van der Waals surface area contributed by atoms with E-state index in [2.05, 4.69) is 0 Å². The Labute approximate surface area is 175 Å². The van der Waals surface area contributed by atoms with Crippen LogP contribution in [-0.4, -0.2) is 50.6 Å². The van der Waals surface area contributed by atoms with Crippen LogP contribution in [0.3, 0.4) is 0 Å². The van der Waals surface area contributed by atoms with E-state index in [1.165, 1.54) is 6.07 Å². The van der Waals surface area contributed by atoms with Crippen molar-refractivity contribution < 1.29 is 23.1 Å². The van der Waals surface area contributed by atoms with Gasteiger partial charge in [0.25, 0.3) is 0 Å².